The van der Waals surface area contributed by atoms with Crippen LogP contribution >= 0.6 is 34.8 Å². The number of carbonyl (C=O) groups is 3. The van der Waals surface area contributed by atoms with Gasteiger partial charge in [0.25, 0.3) is 0 Å². The number of benzene rings is 2. The lowest BCUT2D eigenvalue weighted by molar-refractivity contribution is -0.144. The molecule has 2 aliphatic heterocycles. The van der Waals surface area contributed by atoms with Crippen LogP contribution in [0.5, 0.6) is 0 Å². The molecule has 4 atom stereocenters. The zero-order valence-corrected chi connectivity index (χ0v) is 18.2. The zero-order valence-electron chi connectivity index (χ0n) is 15.9. The summed E-state index contributed by atoms with van der Waals surface area (Å²) in [5.74, 6) is -2.79. The van der Waals surface area contributed by atoms with Crippen LogP contribution in [0.15, 0.2) is 42.5 Å². The van der Waals surface area contributed by atoms with Crippen LogP contribution in [0, 0.1) is 11.8 Å². The molecule has 0 aliphatic carbocycles. The SMILES string of the molecule is O=C1CC(C(=O)Nc2cccc(Cl)c2)C2C(=O)NC(Nc3cc(Cl)cc(Cl)c3)NC2N1. The Labute approximate surface area is 193 Å². The first kappa shape index (κ1) is 21.7. The van der Waals surface area contributed by atoms with Gasteiger partial charge in [0.05, 0.1) is 18.0 Å². The van der Waals surface area contributed by atoms with E-state index >= 15 is 0 Å². The van der Waals surface area contributed by atoms with Gasteiger partial charge in [-0.1, -0.05) is 40.9 Å². The Bertz CT molecular complexity index is 1030. The first-order valence-corrected chi connectivity index (χ1v) is 10.6. The molecule has 4 rings (SSSR count). The van der Waals surface area contributed by atoms with Crippen molar-refractivity contribution in [1.29, 1.82) is 0 Å². The normalized spacial score (nSPS) is 25.1. The predicted octanol–water partition coefficient (Wildman–Crippen LogP) is 2.78. The van der Waals surface area contributed by atoms with Crippen LogP contribution in [-0.4, -0.2) is 30.2 Å². The van der Waals surface area contributed by atoms with E-state index < -0.39 is 30.2 Å². The minimum Gasteiger partial charge on any atom is -0.353 e. The highest BCUT2D eigenvalue weighted by molar-refractivity contribution is 6.35. The van der Waals surface area contributed by atoms with Crippen molar-refractivity contribution in [3.8, 4) is 0 Å². The summed E-state index contributed by atoms with van der Waals surface area (Å²) in [6, 6.07) is 11.5. The summed E-state index contributed by atoms with van der Waals surface area (Å²) in [5, 5.41) is 15.7. The first-order valence-electron chi connectivity index (χ1n) is 9.43. The lowest BCUT2D eigenvalue weighted by Crippen LogP contribution is -2.72. The number of piperidine rings is 1. The Morgan fingerprint density at radius 2 is 1.65 bits per heavy atom. The molecule has 0 radical (unpaired) electrons. The molecule has 5 N–H and O–H groups in total. The molecule has 2 aromatic rings. The predicted molar refractivity (Wildman–Crippen MR) is 119 cm³/mol. The van der Waals surface area contributed by atoms with Crippen LogP contribution in [0.4, 0.5) is 11.4 Å². The van der Waals surface area contributed by atoms with Crippen molar-refractivity contribution in [1.82, 2.24) is 16.0 Å². The molecule has 0 bridgehead atoms. The van der Waals surface area contributed by atoms with Crippen molar-refractivity contribution in [2.75, 3.05) is 10.6 Å². The average Bonchev–Trinajstić information content (AvgIpc) is 2.66. The Morgan fingerprint density at radius 3 is 2.35 bits per heavy atom. The number of anilines is 2. The molecule has 0 spiro atoms. The Kier molecular flexibility index (Phi) is 6.24. The molecular formula is C20H18Cl3N5O3. The van der Waals surface area contributed by atoms with Crippen molar-refractivity contribution in [3.63, 3.8) is 0 Å². The Morgan fingerprint density at radius 1 is 0.935 bits per heavy atom. The minimum atomic E-state index is -0.855. The van der Waals surface area contributed by atoms with Gasteiger partial charge in [0, 0.05) is 32.9 Å². The van der Waals surface area contributed by atoms with Gasteiger partial charge in [0.15, 0.2) is 6.29 Å². The second-order valence-electron chi connectivity index (χ2n) is 7.29. The maximum absolute atomic E-state index is 12.9. The van der Waals surface area contributed by atoms with E-state index in [0.29, 0.717) is 26.4 Å². The second-order valence-corrected chi connectivity index (χ2v) is 8.60. The maximum atomic E-state index is 12.9. The molecular weight excluding hydrogens is 465 g/mol. The van der Waals surface area contributed by atoms with Gasteiger partial charge < -0.3 is 21.3 Å². The third kappa shape index (κ3) is 5.04. The lowest BCUT2D eigenvalue weighted by atomic mass is 9.81. The van der Waals surface area contributed by atoms with Gasteiger partial charge in [-0.2, -0.15) is 0 Å². The molecule has 2 aliphatic rings. The highest BCUT2D eigenvalue weighted by Crippen LogP contribution is 2.29. The Balaban J connectivity index is 1.49. The molecule has 2 aromatic carbocycles. The molecule has 2 saturated heterocycles. The number of rotatable bonds is 4. The molecule has 11 heteroatoms. The monoisotopic (exact) mass is 481 g/mol. The molecule has 3 amide bonds. The zero-order chi connectivity index (χ0) is 22.1. The number of hydrogen-bond donors (Lipinski definition) is 5. The molecule has 8 nitrogen and oxygen atoms in total. The summed E-state index contributed by atoms with van der Waals surface area (Å²) in [7, 11) is 0. The fourth-order valence-corrected chi connectivity index (χ4v) is 4.48. The number of hydrogen-bond acceptors (Lipinski definition) is 5. The molecule has 2 fully saturated rings. The fourth-order valence-electron chi connectivity index (χ4n) is 3.76. The third-order valence-electron chi connectivity index (χ3n) is 5.05. The average molecular weight is 483 g/mol. The van der Waals surface area contributed by atoms with Crippen molar-refractivity contribution in [2.45, 2.75) is 18.9 Å². The summed E-state index contributed by atoms with van der Waals surface area (Å²) < 4.78 is 0. The van der Waals surface area contributed by atoms with E-state index in [1.165, 1.54) is 0 Å². The van der Waals surface area contributed by atoms with Gasteiger partial charge in [-0.25, -0.2) is 0 Å². The number of halogens is 3. The van der Waals surface area contributed by atoms with Gasteiger partial charge in [0.1, 0.15) is 0 Å². The summed E-state index contributed by atoms with van der Waals surface area (Å²) >= 11 is 18.0. The van der Waals surface area contributed by atoms with Gasteiger partial charge in [-0.05, 0) is 36.4 Å². The van der Waals surface area contributed by atoms with E-state index in [4.69, 9.17) is 34.8 Å². The van der Waals surface area contributed by atoms with Crippen LogP contribution in [0.3, 0.4) is 0 Å². The molecule has 4 unspecified atom stereocenters. The number of fused-ring (bicyclic) bond motifs is 1. The molecule has 162 valence electrons. The molecule has 2 heterocycles. The van der Waals surface area contributed by atoms with E-state index in [0.717, 1.165) is 0 Å². The minimum absolute atomic E-state index is 0.106. The summed E-state index contributed by atoms with van der Waals surface area (Å²) in [4.78, 5) is 38.0. The van der Waals surface area contributed by atoms with Crippen LogP contribution in [-0.2, 0) is 14.4 Å². The van der Waals surface area contributed by atoms with Crippen molar-refractivity contribution in [3.05, 3.63) is 57.5 Å². The lowest BCUT2D eigenvalue weighted by Gasteiger charge is -2.43. The van der Waals surface area contributed by atoms with Crippen LogP contribution < -0.4 is 26.6 Å². The quantitative estimate of drug-likeness (QED) is 0.460. The summed E-state index contributed by atoms with van der Waals surface area (Å²) in [6.07, 6.45) is -1.56. The van der Waals surface area contributed by atoms with Crippen LogP contribution in [0.1, 0.15) is 6.42 Å². The van der Waals surface area contributed by atoms with E-state index in [-0.39, 0.29) is 18.2 Å². The van der Waals surface area contributed by atoms with Gasteiger partial charge >= 0.3 is 0 Å². The standard InChI is InChI=1S/C20H18Cl3N5O3/c21-9-2-1-3-12(5-9)24-18(30)14-8-15(29)26-17-16(14)19(31)28-20(27-17)25-13-6-10(22)4-11(23)7-13/h1-7,14,16-17,20,25,27H,8H2,(H,24,30)(H,26,29)(H,28,31). The highest BCUT2D eigenvalue weighted by Gasteiger charge is 2.48. The maximum Gasteiger partial charge on any atom is 0.229 e. The first-order chi connectivity index (χ1) is 14.8. The Hall–Kier alpha value is -2.52. The van der Waals surface area contributed by atoms with Gasteiger partial charge in [0.2, 0.25) is 17.7 Å². The number of carbonyl (C=O) groups excluding carboxylic acids is 3. The third-order valence-corrected chi connectivity index (χ3v) is 5.72. The number of amides is 3. The van der Waals surface area contributed by atoms with Gasteiger partial charge in [-0.3, -0.25) is 19.7 Å². The molecule has 0 aromatic heterocycles. The van der Waals surface area contributed by atoms with Crippen LogP contribution in [0.2, 0.25) is 15.1 Å². The highest BCUT2D eigenvalue weighted by atomic mass is 35.5. The van der Waals surface area contributed by atoms with E-state index in [1.54, 1.807) is 42.5 Å². The van der Waals surface area contributed by atoms with Crippen molar-refractivity contribution < 1.29 is 14.4 Å². The van der Waals surface area contributed by atoms with Crippen LogP contribution in [0.25, 0.3) is 0 Å². The van der Waals surface area contributed by atoms with E-state index in [2.05, 4.69) is 26.6 Å². The van der Waals surface area contributed by atoms with Gasteiger partial charge in [-0.15, -0.1) is 0 Å². The largest absolute Gasteiger partial charge is 0.353 e. The summed E-state index contributed by atoms with van der Waals surface area (Å²) in [5.41, 5.74) is 1.06. The second kappa shape index (κ2) is 8.92. The smallest absolute Gasteiger partial charge is 0.229 e. The van der Waals surface area contributed by atoms with Crippen molar-refractivity contribution in [2.24, 2.45) is 11.8 Å². The number of nitrogens with one attached hydrogen (secondary N) is 5. The molecule has 31 heavy (non-hydrogen) atoms. The fraction of sp³-hybridized carbons (Fsp3) is 0.250. The summed E-state index contributed by atoms with van der Waals surface area (Å²) in [6.45, 7) is 0. The molecule has 0 saturated carbocycles. The topological polar surface area (TPSA) is 111 Å². The van der Waals surface area contributed by atoms with E-state index in [1.807, 2.05) is 0 Å². The van der Waals surface area contributed by atoms with E-state index in [9.17, 15) is 14.4 Å². The van der Waals surface area contributed by atoms with Crippen molar-refractivity contribution >= 4 is 63.9 Å².